The molecular formula is C25H32O7. The largest absolute Gasteiger partial charge is 0.508 e. The predicted octanol–water partition coefficient (Wildman–Crippen LogP) is 5.49. The standard InChI is InChI=1S/C25H32O7/c1-4-6-8-10-16-12-18(26)14-20(27)22(16)25(30)32-19-13-17(11-9-7-5-2)23(24(28)29)21(15-19)31-3/h12-15,26-27H,4-11H2,1-3H3,(H,28,29). The Bertz CT molecular complexity index is 950. The number of benzene rings is 2. The number of methoxy groups -OCH3 is 1. The topological polar surface area (TPSA) is 113 Å². The second-order valence-corrected chi connectivity index (χ2v) is 7.77. The van der Waals surface area contributed by atoms with Crippen LogP contribution < -0.4 is 9.47 Å². The predicted molar refractivity (Wildman–Crippen MR) is 121 cm³/mol. The summed E-state index contributed by atoms with van der Waals surface area (Å²) in [5.74, 6) is -2.14. The molecule has 0 saturated carbocycles. The van der Waals surface area contributed by atoms with E-state index < -0.39 is 11.9 Å². The van der Waals surface area contributed by atoms with Crippen LogP contribution in [-0.4, -0.2) is 34.4 Å². The zero-order valence-corrected chi connectivity index (χ0v) is 18.9. The lowest BCUT2D eigenvalue weighted by Gasteiger charge is -2.15. The normalized spacial score (nSPS) is 10.7. The van der Waals surface area contributed by atoms with Crippen molar-refractivity contribution < 1.29 is 34.4 Å². The lowest BCUT2D eigenvalue weighted by Crippen LogP contribution is -2.13. The molecular weight excluding hydrogens is 412 g/mol. The molecule has 0 bridgehead atoms. The molecule has 0 aliphatic heterocycles. The maximum atomic E-state index is 13.0. The molecule has 2 aromatic rings. The minimum Gasteiger partial charge on any atom is -0.508 e. The molecule has 0 radical (unpaired) electrons. The van der Waals surface area contributed by atoms with Gasteiger partial charge in [-0.3, -0.25) is 0 Å². The first kappa shape index (κ1) is 25.0. The van der Waals surface area contributed by atoms with Gasteiger partial charge in [0.2, 0.25) is 0 Å². The van der Waals surface area contributed by atoms with E-state index in [1.807, 2.05) is 0 Å². The molecule has 2 aromatic carbocycles. The van der Waals surface area contributed by atoms with E-state index in [4.69, 9.17) is 9.47 Å². The van der Waals surface area contributed by atoms with Gasteiger partial charge < -0.3 is 24.8 Å². The number of aromatic carboxylic acids is 1. The maximum Gasteiger partial charge on any atom is 0.347 e. The van der Waals surface area contributed by atoms with Crippen molar-refractivity contribution in [2.75, 3.05) is 7.11 Å². The zero-order valence-electron chi connectivity index (χ0n) is 18.9. The van der Waals surface area contributed by atoms with Crippen LogP contribution in [0.15, 0.2) is 24.3 Å². The molecule has 7 nitrogen and oxygen atoms in total. The molecule has 0 atom stereocenters. The van der Waals surface area contributed by atoms with E-state index in [9.17, 15) is 24.9 Å². The number of hydrogen-bond donors (Lipinski definition) is 3. The fraction of sp³-hybridized carbons (Fsp3) is 0.440. The third kappa shape index (κ3) is 6.39. The Labute approximate surface area is 188 Å². The number of esters is 1. The average Bonchev–Trinajstić information content (AvgIpc) is 2.73. The van der Waals surface area contributed by atoms with Crippen molar-refractivity contribution in [3.63, 3.8) is 0 Å². The third-order valence-electron chi connectivity index (χ3n) is 5.29. The fourth-order valence-electron chi connectivity index (χ4n) is 3.70. The van der Waals surface area contributed by atoms with Crippen LogP contribution in [0.5, 0.6) is 23.0 Å². The van der Waals surface area contributed by atoms with Crippen molar-refractivity contribution in [3.05, 3.63) is 46.5 Å². The number of phenols is 2. The highest BCUT2D eigenvalue weighted by atomic mass is 16.5. The quantitative estimate of drug-likeness (QED) is 0.225. The number of hydrogen-bond acceptors (Lipinski definition) is 6. The van der Waals surface area contributed by atoms with E-state index in [-0.39, 0.29) is 34.1 Å². The Morgan fingerprint density at radius 3 is 1.97 bits per heavy atom. The molecule has 0 fully saturated rings. The van der Waals surface area contributed by atoms with Gasteiger partial charge >= 0.3 is 11.9 Å². The van der Waals surface area contributed by atoms with Crippen LogP contribution in [0.3, 0.4) is 0 Å². The average molecular weight is 445 g/mol. The molecule has 0 aromatic heterocycles. The number of aryl methyl sites for hydroxylation is 2. The number of unbranched alkanes of at least 4 members (excludes halogenated alkanes) is 4. The SMILES string of the molecule is CCCCCc1cc(O)cc(O)c1C(=O)Oc1cc(CCCCC)c(C(=O)O)c(OC)c1. The van der Waals surface area contributed by atoms with E-state index in [1.54, 1.807) is 0 Å². The minimum atomic E-state index is -1.11. The third-order valence-corrected chi connectivity index (χ3v) is 5.29. The summed E-state index contributed by atoms with van der Waals surface area (Å²) >= 11 is 0. The molecule has 0 aliphatic rings. The molecule has 0 spiro atoms. The first-order valence-corrected chi connectivity index (χ1v) is 11.0. The molecule has 174 valence electrons. The molecule has 0 unspecified atom stereocenters. The van der Waals surface area contributed by atoms with Gasteiger partial charge in [0.25, 0.3) is 0 Å². The number of carbonyl (C=O) groups excluding carboxylic acids is 1. The summed E-state index contributed by atoms with van der Waals surface area (Å²) in [6.45, 7) is 4.11. The lowest BCUT2D eigenvalue weighted by atomic mass is 9.99. The molecule has 2 rings (SSSR count). The summed E-state index contributed by atoms with van der Waals surface area (Å²) in [5.41, 5.74) is 1.06. The van der Waals surface area contributed by atoms with Crippen LogP contribution in [0.2, 0.25) is 0 Å². The molecule has 0 aliphatic carbocycles. The van der Waals surface area contributed by atoms with E-state index in [1.165, 1.54) is 25.3 Å². The number of carbonyl (C=O) groups is 2. The second kappa shape index (κ2) is 12.0. The highest BCUT2D eigenvalue weighted by Gasteiger charge is 2.23. The number of phenolic OH excluding ortho intramolecular Hbond substituents is 2. The Kier molecular flexibility index (Phi) is 9.38. The van der Waals surface area contributed by atoms with Gasteiger partial charge in [-0.2, -0.15) is 0 Å². The van der Waals surface area contributed by atoms with Crippen molar-refractivity contribution in [2.45, 2.75) is 65.2 Å². The van der Waals surface area contributed by atoms with Gasteiger partial charge in [0, 0.05) is 12.1 Å². The lowest BCUT2D eigenvalue weighted by molar-refractivity contribution is 0.0691. The molecule has 0 heterocycles. The van der Waals surface area contributed by atoms with E-state index in [0.717, 1.165) is 44.6 Å². The highest BCUT2D eigenvalue weighted by molar-refractivity contribution is 5.97. The van der Waals surface area contributed by atoms with Crippen molar-refractivity contribution in [1.29, 1.82) is 0 Å². The molecule has 3 N–H and O–H groups in total. The summed E-state index contributed by atoms with van der Waals surface area (Å²) in [7, 11) is 1.36. The number of carboxylic acids is 1. The van der Waals surface area contributed by atoms with Gasteiger partial charge in [-0.1, -0.05) is 39.5 Å². The maximum absolute atomic E-state index is 13.0. The van der Waals surface area contributed by atoms with Crippen LogP contribution in [0, 0.1) is 0 Å². The Morgan fingerprint density at radius 1 is 0.844 bits per heavy atom. The van der Waals surface area contributed by atoms with Gasteiger partial charge in [-0.05, 0) is 48.9 Å². The highest BCUT2D eigenvalue weighted by Crippen LogP contribution is 2.33. The van der Waals surface area contributed by atoms with Crippen molar-refractivity contribution in [1.82, 2.24) is 0 Å². The Hall–Kier alpha value is -3.22. The number of carboxylic acid groups (broad SMARTS) is 1. The summed E-state index contributed by atoms with van der Waals surface area (Å²) in [6.07, 6.45) is 6.44. The van der Waals surface area contributed by atoms with Crippen LogP contribution >= 0.6 is 0 Å². The Morgan fingerprint density at radius 2 is 1.44 bits per heavy atom. The van der Waals surface area contributed by atoms with E-state index in [0.29, 0.717) is 24.0 Å². The number of aromatic hydroxyl groups is 2. The van der Waals surface area contributed by atoms with Crippen LogP contribution in [-0.2, 0) is 12.8 Å². The van der Waals surface area contributed by atoms with Gasteiger partial charge in [0.15, 0.2) is 0 Å². The fourth-order valence-corrected chi connectivity index (χ4v) is 3.70. The zero-order chi connectivity index (χ0) is 23.7. The monoisotopic (exact) mass is 444 g/mol. The Balaban J connectivity index is 2.40. The summed E-state index contributed by atoms with van der Waals surface area (Å²) in [4.78, 5) is 24.8. The molecule has 32 heavy (non-hydrogen) atoms. The summed E-state index contributed by atoms with van der Waals surface area (Å²) in [5, 5.41) is 29.8. The van der Waals surface area contributed by atoms with Gasteiger partial charge in [0.1, 0.15) is 34.1 Å². The molecule has 0 saturated heterocycles. The molecule has 7 heteroatoms. The van der Waals surface area contributed by atoms with Gasteiger partial charge in [-0.25, -0.2) is 9.59 Å². The van der Waals surface area contributed by atoms with Crippen molar-refractivity contribution >= 4 is 11.9 Å². The van der Waals surface area contributed by atoms with Gasteiger partial charge in [0.05, 0.1) is 7.11 Å². The first-order valence-electron chi connectivity index (χ1n) is 11.0. The van der Waals surface area contributed by atoms with Crippen LogP contribution in [0.1, 0.15) is 84.2 Å². The van der Waals surface area contributed by atoms with Crippen LogP contribution in [0.4, 0.5) is 0 Å². The number of rotatable bonds is 12. The van der Waals surface area contributed by atoms with E-state index >= 15 is 0 Å². The summed E-state index contributed by atoms with van der Waals surface area (Å²) < 4.78 is 10.8. The van der Waals surface area contributed by atoms with Crippen LogP contribution in [0.25, 0.3) is 0 Å². The molecule has 0 amide bonds. The smallest absolute Gasteiger partial charge is 0.347 e. The number of ether oxygens (including phenoxy) is 2. The van der Waals surface area contributed by atoms with Crippen molar-refractivity contribution in [3.8, 4) is 23.0 Å². The van der Waals surface area contributed by atoms with Crippen molar-refractivity contribution in [2.24, 2.45) is 0 Å². The first-order chi connectivity index (χ1) is 15.3. The second-order valence-electron chi connectivity index (χ2n) is 7.77. The van der Waals surface area contributed by atoms with E-state index in [2.05, 4.69) is 13.8 Å². The van der Waals surface area contributed by atoms with Gasteiger partial charge in [-0.15, -0.1) is 0 Å². The minimum absolute atomic E-state index is 0.00675. The summed E-state index contributed by atoms with van der Waals surface area (Å²) in [6, 6.07) is 5.45.